The topological polar surface area (TPSA) is 42.0 Å². The zero-order valence-corrected chi connectivity index (χ0v) is 17.7. The number of nitrogens with one attached hydrogen (secondary N) is 1. The molecule has 4 heteroatoms. The summed E-state index contributed by atoms with van der Waals surface area (Å²) in [5.74, 6) is 0.0181. The van der Waals surface area contributed by atoms with Crippen LogP contribution >= 0.6 is 11.3 Å². The Kier molecular flexibility index (Phi) is 5.20. The molecule has 0 saturated heterocycles. The molecule has 0 unspecified atom stereocenters. The fourth-order valence-electron chi connectivity index (χ4n) is 3.34. The van der Waals surface area contributed by atoms with Gasteiger partial charge in [0.2, 0.25) is 5.91 Å². The molecule has 0 aliphatic rings. The highest BCUT2D eigenvalue weighted by atomic mass is 32.1. The summed E-state index contributed by atoms with van der Waals surface area (Å²) in [5.41, 5.74) is 4.79. The number of nitrogens with zero attached hydrogens (tertiary/aromatic N) is 1. The second kappa shape index (κ2) is 7.80. The van der Waals surface area contributed by atoms with Gasteiger partial charge in [-0.2, -0.15) is 0 Å². The van der Waals surface area contributed by atoms with Crippen molar-refractivity contribution in [3.05, 3.63) is 83.9 Å². The second-order valence-electron chi connectivity index (χ2n) is 8.07. The van der Waals surface area contributed by atoms with Crippen molar-refractivity contribution in [1.82, 2.24) is 4.98 Å². The second-order valence-corrected chi connectivity index (χ2v) is 9.10. The van der Waals surface area contributed by atoms with Crippen molar-refractivity contribution in [2.45, 2.75) is 27.2 Å². The van der Waals surface area contributed by atoms with Crippen molar-refractivity contribution in [2.75, 3.05) is 5.32 Å². The number of hydrogen-bond acceptors (Lipinski definition) is 3. The molecule has 4 aromatic rings. The van der Waals surface area contributed by atoms with E-state index >= 15 is 0 Å². The molecule has 29 heavy (non-hydrogen) atoms. The first kappa shape index (κ1) is 19.3. The van der Waals surface area contributed by atoms with E-state index < -0.39 is 5.41 Å². The molecule has 0 bridgehead atoms. The van der Waals surface area contributed by atoms with Crippen molar-refractivity contribution >= 4 is 33.1 Å². The number of benzene rings is 3. The molecule has 0 saturated carbocycles. The summed E-state index contributed by atoms with van der Waals surface area (Å²) < 4.78 is 1.19. The minimum Gasteiger partial charge on any atom is -0.326 e. The number of fused-ring (bicyclic) bond motifs is 1. The van der Waals surface area contributed by atoms with Gasteiger partial charge in [0.05, 0.1) is 10.2 Å². The van der Waals surface area contributed by atoms with Crippen LogP contribution in [0.4, 0.5) is 5.69 Å². The average Bonchev–Trinajstić information content (AvgIpc) is 3.12. The third-order valence-electron chi connectivity index (χ3n) is 5.04. The van der Waals surface area contributed by atoms with Crippen LogP contribution in [0.25, 0.3) is 20.8 Å². The van der Waals surface area contributed by atoms with Crippen molar-refractivity contribution in [2.24, 2.45) is 5.41 Å². The first-order valence-electron chi connectivity index (χ1n) is 9.74. The third-order valence-corrected chi connectivity index (χ3v) is 6.10. The average molecular weight is 401 g/mol. The van der Waals surface area contributed by atoms with Gasteiger partial charge in [0.25, 0.3) is 0 Å². The zero-order valence-electron chi connectivity index (χ0n) is 16.9. The highest BCUT2D eigenvalue weighted by Crippen LogP contribution is 2.31. The smallest absolute Gasteiger partial charge is 0.230 e. The monoisotopic (exact) mass is 400 g/mol. The maximum Gasteiger partial charge on any atom is 0.230 e. The van der Waals surface area contributed by atoms with E-state index in [2.05, 4.69) is 42.6 Å². The standard InChI is InChI=1S/C25H24N2OS/c1-17-9-14-21-22(15-17)29-23(27-21)19-10-12-20(13-11-19)26-24(28)25(2,3)16-18-7-5-4-6-8-18/h4-15H,16H2,1-3H3,(H,26,28). The van der Waals surface area contributed by atoms with Crippen molar-refractivity contribution in [1.29, 1.82) is 0 Å². The summed E-state index contributed by atoms with van der Waals surface area (Å²) in [6, 6.07) is 24.4. The van der Waals surface area contributed by atoms with Gasteiger partial charge in [-0.1, -0.05) is 50.2 Å². The molecular formula is C25H24N2OS. The van der Waals surface area contributed by atoms with Crippen LogP contribution in [0.3, 0.4) is 0 Å². The molecule has 3 aromatic carbocycles. The summed E-state index contributed by atoms with van der Waals surface area (Å²) >= 11 is 1.69. The summed E-state index contributed by atoms with van der Waals surface area (Å²) in [6.07, 6.45) is 0.697. The Morgan fingerprint density at radius 2 is 1.72 bits per heavy atom. The number of amides is 1. The Morgan fingerprint density at radius 3 is 2.45 bits per heavy atom. The zero-order chi connectivity index (χ0) is 20.4. The first-order chi connectivity index (χ1) is 13.9. The quantitative estimate of drug-likeness (QED) is 0.417. The Hall–Kier alpha value is -2.98. The molecule has 146 valence electrons. The van der Waals surface area contributed by atoms with Crippen LogP contribution < -0.4 is 5.32 Å². The predicted octanol–water partition coefficient (Wildman–Crippen LogP) is 6.48. The van der Waals surface area contributed by atoms with E-state index in [-0.39, 0.29) is 5.91 Å². The highest BCUT2D eigenvalue weighted by molar-refractivity contribution is 7.21. The number of aryl methyl sites for hydroxylation is 1. The summed E-state index contributed by atoms with van der Waals surface area (Å²) in [5, 5.41) is 4.05. The van der Waals surface area contributed by atoms with Gasteiger partial charge in [0.15, 0.2) is 0 Å². The van der Waals surface area contributed by atoms with Crippen LogP contribution in [-0.4, -0.2) is 10.9 Å². The van der Waals surface area contributed by atoms with Gasteiger partial charge in [-0.15, -0.1) is 11.3 Å². The lowest BCUT2D eigenvalue weighted by Crippen LogP contribution is -2.32. The van der Waals surface area contributed by atoms with Crippen LogP contribution in [0.15, 0.2) is 72.8 Å². The Bertz CT molecular complexity index is 1140. The summed E-state index contributed by atoms with van der Waals surface area (Å²) in [4.78, 5) is 17.6. The van der Waals surface area contributed by atoms with Gasteiger partial charge in [0, 0.05) is 16.7 Å². The molecule has 0 aliphatic carbocycles. The predicted molar refractivity (Wildman–Crippen MR) is 122 cm³/mol. The van der Waals surface area contributed by atoms with E-state index in [0.717, 1.165) is 27.3 Å². The maximum absolute atomic E-state index is 12.8. The molecule has 0 spiro atoms. The van der Waals surface area contributed by atoms with Crippen molar-refractivity contribution in [3.63, 3.8) is 0 Å². The van der Waals surface area contributed by atoms with E-state index in [9.17, 15) is 4.79 Å². The lowest BCUT2D eigenvalue weighted by molar-refractivity contribution is -0.123. The number of thiazole rings is 1. The lowest BCUT2D eigenvalue weighted by atomic mass is 9.84. The number of carbonyl (C=O) groups excluding carboxylic acids is 1. The van der Waals surface area contributed by atoms with E-state index in [1.54, 1.807) is 11.3 Å². The fraction of sp³-hybridized carbons (Fsp3) is 0.200. The van der Waals surface area contributed by atoms with E-state index in [0.29, 0.717) is 6.42 Å². The minimum atomic E-state index is -0.495. The number of carbonyl (C=O) groups is 1. The van der Waals surface area contributed by atoms with Gasteiger partial charge in [-0.25, -0.2) is 4.98 Å². The molecular weight excluding hydrogens is 376 g/mol. The maximum atomic E-state index is 12.8. The van der Waals surface area contributed by atoms with Crippen LogP contribution in [-0.2, 0) is 11.2 Å². The molecule has 1 aromatic heterocycles. The number of anilines is 1. The largest absolute Gasteiger partial charge is 0.326 e. The molecule has 1 N–H and O–H groups in total. The van der Waals surface area contributed by atoms with Gasteiger partial charge < -0.3 is 5.32 Å². The molecule has 0 atom stereocenters. The molecule has 1 heterocycles. The van der Waals surface area contributed by atoms with Crippen LogP contribution in [0.5, 0.6) is 0 Å². The molecule has 0 fully saturated rings. The Morgan fingerprint density at radius 1 is 1.00 bits per heavy atom. The Labute approximate surface area is 175 Å². The number of hydrogen-bond donors (Lipinski definition) is 1. The molecule has 0 radical (unpaired) electrons. The normalized spacial score (nSPS) is 11.6. The van der Waals surface area contributed by atoms with Crippen LogP contribution in [0, 0.1) is 12.3 Å². The summed E-state index contributed by atoms with van der Waals surface area (Å²) in [6.45, 7) is 6.05. The SMILES string of the molecule is Cc1ccc2nc(-c3ccc(NC(=O)C(C)(C)Cc4ccccc4)cc3)sc2c1. The van der Waals surface area contributed by atoms with Gasteiger partial charge in [0.1, 0.15) is 5.01 Å². The van der Waals surface area contributed by atoms with Crippen LogP contribution in [0.2, 0.25) is 0 Å². The fourth-order valence-corrected chi connectivity index (χ4v) is 4.41. The van der Waals surface area contributed by atoms with Gasteiger partial charge >= 0.3 is 0 Å². The summed E-state index contributed by atoms with van der Waals surface area (Å²) in [7, 11) is 0. The molecule has 3 nitrogen and oxygen atoms in total. The third kappa shape index (κ3) is 4.38. The lowest BCUT2D eigenvalue weighted by Gasteiger charge is -2.23. The minimum absolute atomic E-state index is 0.0181. The van der Waals surface area contributed by atoms with Crippen molar-refractivity contribution in [3.8, 4) is 10.6 Å². The Balaban J connectivity index is 1.47. The molecule has 4 rings (SSSR count). The van der Waals surface area contributed by atoms with Gasteiger partial charge in [-0.3, -0.25) is 4.79 Å². The van der Waals surface area contributed by atoms with E-state index in [4.69, 9.17) is 4.98 Å². The van der Waals surface area contributed by atoms with E-state index in [1.165, 1.54) is 10.3 Å². The van der Waals surface area contributed by atoms with Gasteiger partial charge in [-0.05, 0) is 60.9 Å². The molecule has 1 amide bonds. The van der Waals surface area contributed by atoms with Crippen LogP contribution in [0.1, 0.15) is 25.0 Å². The van der Waals surface area contributed by atoms with E-state index in [1.807, 2.05) is 56.3 Å². The highest BCUT2D eigenvalue weighted by Gasteiger charge is 2.28. The molecule has 0 aliphatic heterocycles. The first-order valence-corrected chi connectivity index (χ1v) is 10.6. The van der Waals surface area contributed by atoms with Crippen molar-refractivity contribution < 1.29 is 4.79 Å². The number of aromatic nitrogens is 1. The number of rotatable bonds is 5.